The van der Waals surface area contributed by atoms with E-state index in [1.807, 2.05) is 24.3 Å². The van der Waals surface area contributed by atoms with Gasteiger partial charge >= 0.3 is 0 Å². The number of nitrogen functional groups attached to an aromatic ring is 1. The molecular weight excluding hydrogens is 264 g/mol. The number of likely N-dealkylation sites (N-methyl/N-ethyl adjacent to an activating group) is 1. The van der Waals surface area contributed by atoms with Crippen molar-refractivity contribution in [3.63, 3.8) is 0 Å². The Morgan fingerprint density at radius 2 is 1.86 bits per heavy atom. The molecule has 1 aromatic heterocycles. The van der Waals surface area contributed by atoms with Crippen LogP contribution in [-0.4, -0.2) is 35.9 Å². The highest BCUT2D eigenvalue weighted by molar-refractivity contribution is 5.94. The third-order valence-corrected chi connectivity index (χ3v) is 3.11. The summed E-state index contributed by atoms with van der Waals surface area (Å²) >= 11 is 0. The van der Waals surface area contributed by atoms with Crippen LogP contribution < -0.4 is 10.5 Å². The van der Waals surface area contributed by atoms with Crippen LogP contribution in [0.5, 0.6) is 5.75 Å². The summed E-state index contributed by atoms with van der Waals surface area (Å²) in [6.07, 6.45) is 3.60. The van der Waals surface area contributed by atoms with Crippen molar-refractivity contribution >= 4 is 5.84 Å². The first-order valence-electron chi connectivity index (χ1n) is 6.80. The molecule has 0 saturated carbocycles. The van der Waals surface area contributed by atoms with Crippen LogP contribution in [0.25, 0.3) is 0 Å². The van der Waals surface area contributed by atoms with Crippen LogP contribution in [0.1, 0.15) is 11.1 Å². The molecule has 0 unspecified atom stereocenters. The maximum absolute atomic E-state index is 7.33. The van der Waals surface area contributed by atoms with Crippen molar-refractivity contribution in [1.82, 2.24) is 9.88 Å². The van der Waals surface area contributed by atoms with Crippen molar-refractivity contribution in [3.05, 3.63) is 59.9 Å². The average molecular weight is 284 g/mol. The SMILES string of the molecule is CN(CCOc1ccc(C(=N)N)cc1)Cc1ccncc1. The van der Waals surface area contributed by atoms with Gasteiger partial charge < -0.3 is 10.5 Å². The molecule has 0 saturated heterocycles. The number of benzene rings is 1. The molecule has 0 aliphatic heterocycles. The molecule has 1 heterocycles. The number of rotatable bonds is 7. The van der Waals surface area contributed by atoms with E-state index in [0.717, 1.165) is 18.8 Å². The zero-order valence-electron chi connectivity index (χ0n) is 12.1. The van der Waals surface area contributed by atoms with Gasteiger partial charge in [-0.3, -0.25) is 15.3 Å². The molecule has 2 rings (SSSR count). The summed E-state index contributed by atoms with van der Waals surface area (Å²) in [6, 6.07) is 11.3. The maximum Gasteiger partial charge on any atom is 0.122 e. The molecule has 0 aliphatic carbocycles. The fourth-order valence-electron chi connectivity index (χ4n) is 1.93. The molecule has 0 fully saturated rings. The van der Waals surface area contributed by atoms with Gasteiger partial charge in [0.2, 0.25) is 0 Å². The van der Waals surface area contributed by atoms with Crippen molar-refractivity contribution in [2.24, 2.45) is 5.73 Å². The number of amidine groups is 1. The first-order valence-corrected chi connectivity index (χ1v) is 6.80. The number of hydrogen-bond acceptors (Lipinski definition) is 4. The molecule has 1 aromatic carbocycles. The number of nitrogens with zero attached hydrogens (tertiary/aromatic N) is 2. The van der Waals surface area contributed by atoms with E-state index < -0.39 is 0 Å². The third kappa shape index (κ3) is 4.89. The van der Waals surface area contributed by atoms with Crippen molar-refractivity contribution < 1.29 is 4.74 Å². The highest BCUT2D eigenvalue weighted by Crippen LogP contribution is 2.11. The first kappa shape index (κ1) is 15.0. The van der Waals surface area contributed by atoms with Crippen molar-refractivity contribution in [2.45, 2.75) is 6.54 Å². The summed E-state index contributed by atoms with van der Waals surface area (Å²) in [6.45, 7) is 2.31. The van der Waals surface area contributed by atoms with Gasteiger partial charge in [0.05, 0.1) is 0 Å². The van der Waals surface area contributed by atoms with Gasteiger partial charge in [0.15, 0.2) is 0 Å². The molecule has 0 radical (unpaired) electrons. The van der Waals surface area contributed by atoms with Crippen molar-refractivity contribution in [1.29, 1.82) is 5.41 Å². The van der Waals surface area contributed by atoms with E-state index in [1.165, 1.54) is 5.56 Å². The van der Waals surface area contributed by atoms with Crippen LogP contribution in [0.3, 0.4) is 0 Å². The van der Waals surface area contributed by atoms with E-state index in [4.69, 9.17) is 15.9 Å². The van der Waals surface area contributed by atoms with E-state index in [0.29, 0.717) is 12.2 Å². The first-order chi connectivity index (χ1) is 10.1. The number of nitrogens with two attached hydrogens (primary N) is 1. The molecule has 3 N–H and O–H groups in total. The summed E-state index contributed by atoms with van der Waals surface area (Å²) in [5.74, 6) is 0.857. The maximum atomic E-state index is 7.33. The monoisotopic (exact) mass is 284 g/mol. The number of aromatic nitrogens is 1. The third-order valence-electron chi connectivity index (χ3n) is 3.11. The highest BCUT2D eigenvalue weighted by Gasteiger charge is 2.01. The van der Waals surface area contributed by atoms with E-state index >= 15 is 0 Å². The summed E-state index contributed by atoms with van der Waals surface area (Å²) in [5.41, 5.74) is 7.35. The standard InChI is InChI=1S/C16H20N4O/c1-20(12-13-6-8-19-9-7-13)10-11-21-15-4-2-14(3-5-15)16(17)18/h2-9H,10-12H2,1H3,(H3,17,18). The summed E-state index contributed by atoms with van der Waals surface area (Å²) in [5, 5.41) is 7.33. The lowest BCUT2D eigenvalue weighted by Crippen LogP contribution is -2.23. The molecule has 5 nitrogen and oxygen atoms in total. The minimum atomic E-state index is 0.0682. The molecule has 0 bridgehead atoms. The number of ether oxygens (including phenoxy) is 1. The van der Waals surface area contributed by atoms with Crippen LogP contribution >= 0.6 is 0 Å². The molecule has 0 amide bonds. The second-order valence-corrected chi connectivity index (χ2v) is 4.88. The van der Waals surface area contributed by atoms with Gasteiger partial charge in [-0.2, -0.15) is 0 Å². The highest BCUT2D eigenvalue weighted by atomic mass is 16.5. The fraction of sp³-hybridized carbons (Fsp3) is 0.250. The van der Waals surface area contributed by atoms with Crippen molar-refractivity contribution in [2.75, 3.05) is 20.2 Å². The lowest BCUT2D eigenvalue weighted by atomic mass is 10.2. The van der Waals surface area contributed by atoms with Crippen LogP contribution in [-0.2, 0) is 6.54 Å². The Bertz CT molecular complexity index is 569. The largest absolute Gasteiger partial charge is 0.492 e. The van der Waals surface area contributed by atoms with E-state index in [-0.39, 0.29) is 5.84 Å². The van der Waals surface area contributed by atoms with Crippen LogP contribution in [0, 0.1) is 5.41 Å². The quantitative estimate of drug-likeness (QED) is 0.601. The second-order valence-electron chi connectivity index (χ2n) is 4.88. The van der Waals surface area contributed by atoms with Gasteiger partial charge in [0.1, 0.15) is 18.2 Å². The Balaban J connectivity index is 1.74. The van der Waals surface area contributed by atoms with Crippen LogP contribution in [0.2, 0.25) is 0 Å². The number of hydrogen-bond donors (Lipinski definition) is 2. The van der Waals surface area contributed by atoms with E-state index in [2.05, 4.69) is 16.9 Å². The molecule has 0 spiro atoms. The normalized spacial score (nSPS) is 10.6. The Labute approximate surface area is 124 Å². The minimum absolute atomic E-state index is 0.0682. The number of pyridine rings is 1. The topological polar surface area (TPSA) is 75.2 Å². The van der Waals surface area contributed by atoms with Gasteiger partial charge in [-0.15, -0.1) is 0 Å². The van der Waals surface area contributed by atoms with Gasteiger partial charge in [-0.25, -0.2) is 0 Å². The smallest absolute Gasteiger partial charge is 0.122 e. The zero-order chi connectivity index (χ0) is 15.1. The van der Waals surface area contributed by atoms with Gasteiger partial charge in [-0.1, -0.05) is 0 Å². The lowest BCUT2D eigenvalue weighted by Gasteiger charge is -2.17. The second kappa shape index (κ2) is 7.40. The van der Waals surface area contributed by atoms with Gasteiger partial charge in [-0.05, 0) is 49.0 Å². The average Bonchev–Trinajstić information content (AvgIpc) is 2.49. The Hall–Kier alpha value is -2.40. The molecule has 5 heteroatoms. The molecule has 2 aromatic rings. The van der Waals surface area contributed by atoms with Crippen LogP contribution in [0.4, 0.5) is 0 Å². The lowest BCUT2D eigenvalue weighted by molar-refractivity contribution is 0.233. The molecule has 0 atom stereocenters. The van der Waals surface area contributed by atoms with Gasteiger partial charge in [0.25, 0.3) is 0 Å². The van der Waals surface area contributed by atoms with Gasteiger partial charge in [0, 0.05) is 31.0 Å². The summed E-state index contributed by atoms with van der Waals surface area (Å²) in [7, 11) is 2.06. The summed E-state index contributed by atoms with van der Waals surface area (Å²) in [4.78, 5) is 6.20. The Morgan fingerprint density at radius 3 is 2.48 bits per heavy atom. The predicted octanol–water partition coefficient (Wildman–Crippen LogP) is 1.88. The van der Waals surface area contributed by atoms with Crippen molar-refractivity contribution in [3.8, 4) is 5.75 Å². The molecular formula is C16H20N4O. The predicted molar refractivity (Wildman–Crippen MR) is 83.5 cm³/mol. The summed E-state index contributed by atoms with van der Waals surface area (Å²) < 4.78 is 5.68. The fourth-order valence-corrected chi connectivity index (χ4v) is 1.93. The number of nitrogens with one attached hydrogen (secondary N) is 1. The van der Waals surface area contributed by atoms with Crippen LogP contribution in [0.15, 0.2) is 48.8 Å². The molecule has 110 valence electrons. The molecule has 0 aliphatic rings. The van der Waals surface area contributed by atoms with E-state index in [1.54, 1.807) is 24.5 Å². The molecule has 21 heavy (non-hydrogen) atoms. The van der Waals surface area contributed by atoms with E-state index in [9.17, 15) is 0 Å². The Morgan fingerprint density at radius 1 is 1.19 bits per heavy atom. The minimum Gasteiger partial charge on any atom is -0.492 e. The zero-order valence-corrected chi connectivity index (χ0v) is 12.1. The Kier molecular flexibility index (Phi) is 5.29.